The molecule has 0 saturated carbocycles. The molecule has 0 N–H and O–H groups in total. The minimum atomic E-state index is -3.42. The van der Waals surface area contributed by atoms with E-state index in [0.29, 0.717) is 0 Å². The van der Waals surface area contributed by atoms with Crippen molar-refractivity contribution in [2.24, 2.45) is 0 Å². The maximum Gasteiger partial charge on any atom is 0.363 e. The van der Waals surface area contributed by atoms with Crippen LogP contribution in [0.4, 0.5) is 17.6 Å². The molecule has 0 aromatic heterocycles. The molecule has 0 saturated heterocycles. The molecule has 90 valence electrons. The lowest BCUT2D eigenvalue weighted by molar-refractivity contribution is -0.0634. The third-order valence-electron chi connectivity index (χ3n) is 1.35. The van der Waals surface area contributed by atoms with Crippen LogP contribution < -0.4 is 4.18 Å². The van der Waals surface area contributed by atoms with Crippen LogP contribution >= 0.6 is 0 Å². The molecule has 0 aliphatic heterocycles. The van der Waals surface area contributed by atoms with Crippen LogP contribution in [0.3, 0.4) is 0 Å². The average molecular weight is 258 g/mol. The van der Waals surface area contributed by atoms with Crippen molar-refractivity contribution < 1.29 is 30.1 Å². The lowest BCUT2D eigenvalue weighted by Gasteiger charge is -2.07. The van der Waals surface area contributed by atoms with Crippen LogP contribution in [-0.2, 0) is 15.5 Å². The minimum absolute atomic E-state index is 0.0961. The van der Waals surface area contributed by atoms with Gasteiger partial charge in [-0.15, -0.1) is 0 Å². The highest BCUT2D eigenvalue weighted by atomic mass is 32.2. The zero-order valence-corrected chi connectivity index (χ0v) is 8.43. The summed E-state index contributed by atoms with van der Waals surface area (Å²) < 4.78 is 66.8. The van der Waals surface area contributed by atoms with Crippen molar-refractivity contribution in [1.29, 1.82) is 0 Å². The van der Waals surface area contributed by atoms with E-state index in [2.05, 4.69) is 8.37 Å². The minimum Gasteiger partial charge on any atom is -0.380 e. The molecular formula is C8H6F4O3S. The number of hydrogen-bond donors (Lipinski definition) is 0. The lowest BCUT2D eigenvalue weighted by Crippen LogP contribution is -2.20. The second-order valence-electron chi connectivity index (χ2n) is 2.52. The first-order valence-electron chi connectivity index (χ1n) is 3.94. The summed E-state index contributed by atoms with van der Waals surface area (Å²) in [5, 5.41) is 0. The summed E-state index contributed by atoms with van der Waals surface area (Å²) in [6.07, 6.45) is -6.41. The van der Waals surface area contributed by atoms with Gasteiger partial charge >= 0.3 is 11.4 Å². The Morgan fingerprint density at radius 2 is 1.69 bits per heavy atom. The molecule has 3 nitrogen and oxygen atoms in total. The first kappa shape index (κ1) is 12.9. The van der Waals surface area contributed by atoms with Crippen molar-refractivity contribution in [3.63, 3.8) is 0 Å². The molecule has 0 radical (unpaired) electrons. The standard InChI is InChI=1S/C8H6F4O3S/c9-5-1-3-6(4-2-5)14-16(13)15-8(12)7(10)11/h1-4,7-8H. The second-order valence-corrected chi connectivity index (χ2v) is 3.29. The van der Waals surface area contributed by atoms with E-state index in [1.165, 1.54) is 0 Å². The Balaban J connectivity index is 2.48. The molecule has 1 aromatic rings. The van der Waals surface area contributed by atoms with E-state index in [0.717, 1.165) is 24.3 Å². The molecule has 0 bridgehead atoms. The summed E-state index contributed by atoms with van der Waals surface area (Å²) in [5.74, 6) is -0.656. The van der Waals surface area contributed by atoms with Gasteiger partial charge in [-0.05, 0) is 24.3 Å². The van der Waals surface area contributed by atoms with Gasteiger partial charge in [0.05, 0.1) is 0 Å². The Morgan fingerprint density at radius 1 is 1.12 bits per heavy atom. The molecule has 0 aliphatic rings. The molecule has 0 heterocycles. The molecule has 16 heavy (non-hydrogen) atoms. The topological polar surface area (TPSA) is 35.5 Å². The fourth-order valence-electron chi connectivity index (χ4n) is 0.705. The van der Waals surface area contributed by atoms with Crippen molar-refractivity contribution >= 4 is 11.4 Å². The Bertz CT molecular complexity index is 357. The van der Waals surface area contributed by atoms with Gasteiger partial charge in [0.1, 0.15) is 11.6 Å². The largest absolute Gasteiger partial charge is 0.380 e. The SMILES string of the molecule is O=S(Oc1ccc(F)cc1)OC(F)C(F)F. The smallest absolute Gasteiger partial charge is 0.363 e. The van der Waals surface area contributed by atoms with Crippen LogP contribution in [-0.4, -0.2) is 17.0 Å². The Kier molecular flexibility index (Phi) is 4.69. The third kappa shape index (κ3) is 4.15. The highest BCUT2D eigenvalue weighted by Gasteiger charge is 2.24. The number of benzene rings is 1. The van der Waals surface area contributed by atoms with E-state index in [-0.39, 0.29) is 5.75 Å². The van der Waals surface area contributed by atoms with Gasteiger partial charge in [-0.2, -0.15) is 4.21 Å². The summed E-state index contributed by atoms with van der Waals surface area (Å²) in [6.45, 7) is 0. The number of hydrogen-bond acceptors (Lipinski definition) is 3. The molecule has 2 unspecified atom stereocenters. The summed E-state index contributed by atoms with van der Waals surface area (Å²) >= 11 is -2.71. The number of halogens is 4. The zero-order chi connectivity index (χ0) is 12.1. The lowest BCUT2D eigenvalue weighted by atomic mass is 10.3. The molecule has 0 aliphatic carbocycles. The number of alkyl halides is 3. The van der Waals surface area contributed by atoms with Gasteiger partial charge in [-0.3, -0.25) is 0 Å². The number of rotatable bonds is 5. The third-order valence-corrected chi connectivity index (χ3v) is 2.02. The van der Waals surface area contributed by atoms with Crippen LogP contribution in [0.25, 0.3) is 0 Å². The average Bonchev–Trinajstić information content (AvgIpc) is 2.21. The molecule has 0 amide bonds. The summed E-state index contributed by atoms with van der Waals surface area (Å²) in [4.78, 5) is 0. The van der Waals surface area contributed by atoms with Crippen LogP contribution in [0.1, 0.15) is 0 Å². The van der Waals surface area contributed by atoms with Crippen LogP contribution in [0.15, 0.2) is 24.3 Å². The Hall–Kier alpha value is -1.15. The highest BCUT2D eigenvalue weighted by molar-refractivity contribution is 7.75. The molecule has 1 aromatic carbocycles. The maximum absolute atomic E-state index is 12.4. The first-order valence-corrected chi connectivity index (χ1v) is 4.94. The molecule has 2 atom stereocenters. The molecule has 0 fully saturated rings. The summed E-state index contributed by atoms with van der Waals surface area (Å²) in [6, 6.07) is 4.16. The van der Waals surface area contributed by atoms with Crippen molar-refractivity contribution in [3.05, 3.63) is 30.1 Å². The molecule has 8 heteroatoms. The van der Waals surface area contributed by atoms with Crippen molar-refractivity contribution in [1.82, 2.24) is 0 Å². The molecule has 1 rings (SSSR count). The fourth-order valence-corrected chi connectivity index (χ4v) is 1.25. The molecule has 0 spiro atoms. The monoisotopic (exact) mass is 258 g/mol. The fraction of sp³-hybridized carbons (Fsp3) is 0.250. The van der Waals surface area contributed by atoms with Gasteiger partial charge in [-0.25, -0.2) is 21.7 Å². The van der Waals surface area contributed by atoms with E-state index in [1.54, 1.807) is 0 Å². The zero-order valence-electron chi connectivity index (χ0n) is 7.61. The van der Waals surface area contributed by atoms with Gasteiger partial charge in [0.25, 0.3) is 12.8 Å². The maximum atomic E-state index is 12.4. The van der Waals surface area contributed by atoms with E-state index >= 15 is 0 Å². The van der Waals surface area contributed by atoms with Crippen molar-refractivity contribution in [3.8, 4) is 5.75 Å². The predicted molar refractivity (Wildman–Crippen MR) is 47.2 cm³/mol. The van der Waals surface area contributed by atoms with Gasteiger partial charge in [0.15, 0.2) is 0 Å². The highest BCUT2D eigenvalue weighted by Crippen LogP contribution is 2.15. The van der Waals surface area contributed by atoms with Crippen LogP contribution in [0, 0.1) is 5.82 Å². The van der Waals surface area contributed by atoms with E-state index in [4.69, 9.17) is 0 Å². The van der Waals surface area contributed by atoms with E-state index in [1.807, 2.05) is 0 Å². The van der Waals surface area contributed by atoms with Gasteiger partial charge in [0.2, 0.25) is 0 Å². The quantitative estimate of drug-likeness (QED) is 0.760. The van der Waals surface area contributed by atoms with Gasteiger partial charge in [-0.1, -0.05) is 0 Å². The van der Waals surface area contributed by atoms with Crippen LogP contribution in [0.5, 0.6) is 5.75 Å². The normalized spacial score (nSPS) is 14.8. The predicted octanol–water partition coefficient (Wildman–Crippen LogP) is 2.36. The Labute approximate surface area is 90.8 Å². The van der Waals surface area contributed by atoms with Gasteiger partial charge < -0.3 is 4.18 Å². The summed E-state index contributed by atoms with van der Waals surface area (Å²) in [5.41, 5.74) is 0. The van der Waals surface area contributed by atoms with E-state index < -0.39 is 30.0 Å². The van der Waals surface area contributed by atoms with E-state index in [9.17, 15) is 21.8 Å². The first-order chi connectivity index (χ1) is 7.49. The van der Waals surface area contributed by atoms with Gasteiger partial charge in [0, 0.05) is 0 Å². The molecular weight excluding hydrogens is 252 g/mol. The van der Waals surface area contributed by atoms with Crippen molar-refractivity contribution in [2.45, 2.75) is 12.8 Å². The van der Waals surface area contributed by atoms with Crippen LogP contribution in [0.2, 0.25) is 0 Å². The van der Waals surface area contributed by atoms with Crippen molar-refractivity contribution in [2.75, 3.05) is 0 Å². The Morgan fingerprint density at radius 3 is 2.19 bits per heavy atom. The summed E-state index contributed by atoms with van der Waals surface area (Å²) in [7, 11) is 0. The second kappa shape index (κ2) is 5.80.